The molecule has 0 atom stereocenters. The van der Waals surface area contributed by atoms with Crippen LogP contribution < -0.4 is 0 Å². The number of hydrogen-bond donors (Lipinski definition) is 3. The molecule has 0 fully saturated rings. The van der Waals surface area contributed by atoms with Gasteiger partial charge in [-0.25, -0.2) is 0 Å². The summed E-state index contributed by atoms with van der Waals surface area (Å²) in [5, 5.41) is 26.1. The zero-order chi connectivity index (χ0) is 16.3. The predicted molar refractivity (Wildman–Crippen MR) is 87.4 cm³/mol. The molecule has 4 nitrogen and oxygen atoms in total. The molecule has 0 saturated carbocycles. The van der Waals surface area contributed by atoms with Crippen LogP contribution in [0.15, 0.2) is 60.7 Å². The Morgan fingerprint density at radius 3 is 1.32 bits per heavy atom. The van der Waals surface area contributed by atoms with Gasteiger partial charge in [-0.3, -0.25) is 0 Å². The summed E-state index contributed by atoms with van der Waals surface area (Å²) >= 11 is 0. The third-order valence-corrected chi connectivity index (χ3v) is 3.34. The van der Waals surface area contributed by atoms with Crippen LogP contribution in [0.5, 0.6) is 0 Å². The van der Waals surface area contributed by atoms with E-state index < -0.39 is 5.41 Å². The molecule has 0 heterocycles. The second kappa shape index (κ2) is 10.1. The van der Waals surface area contributed by atoms with Gasteiger partial charge in [-0.05, 0) is 11.1 Å². The molecule has 2 aromatic rings. The van der Waals surface area contributed by atoms with Crippen LogP contribution in [0.3, 0.4) is 0 Å². The van der Waals surface area contributed by atoms with Crippen molar-refractivity contribution in [3.8, 4) is 11.1 Å². The van der Waals surface area contributed by atoms with E-state index in [1.807, 2.05) is 12.1 Å². The minimum atomic E-state index is -0.880. The topological polar surface area (TPSA) is 69.9 Å². The Labute approximate surface area is 131 Å². The van der Waals surface area contributed by atoms with Crippen molar-refractivity contribution in [2.45, 2.75) is 0 Å². The van der Waals surface area contributed by atoms with Crippen molar-refractivity contribution >= 4 is 0 Å². The Bertz CT molecular complexity index is 449. The summed E-state index contributed by atoms with van der Waals surface area (Å²) in [5.74, 6) is 0. The second-order valence-electron chi connectivity index (χ2n) is 5.14. The highest BCUT2D eigenvalue weighted by molar-refractivity contribution is 5.62. The quantitative estimate of drug-likeness (QED) is 0.763. The summed E-state index contributed by atoms with van der Waals surface area (Å²) in [6.07, 6.45) is 0. The number of methoxy groups -OCH3 is 1. The van der Waals surface area contributed by atoms with Crippen LogP contribution in [0.25, 0.3) is 11.1 Å². The van der Waals surface area contributed by atoms with Crippen LogP contribution in [0.2, 0.25) is 0 Å². The summed E-state index contributed by atoms with van der Waals surface area (Å²) in [5.41, 5.74) is 1.67. The third kappa shape index (κ3) is 5.58. The number of aliphatic hydroxyl groups is 3. The van der Waals surface area contributed by atoms with Crippen LogP contribution in [0.1, 0.15) is 0 Å². The van der Waals surface area contributed by atoms with Crippen molar-refractivity contribution in [3.05, 3.63) is 60.7 Å². The number of benzene rings is 2. The van der Waals surface area contributed by atoms with Gasteiger partial charge < -0.3 is 20.1 Å². The molecular formula is C18H24O4. The van der Waals surface area contributed by atoms with Gasteiger partial charge in [0, 0.05) is 7.11 Å². The van der Waals surface area contributed by atoms with Crippen LogP contribution in [0.4, 0.5) is 0 Å². The summed E-state index contributed by atoms with van der Waals surface area (Å²) in [6, 6.07) is 20.8. The largest absolute Gasteiger partial charge is 0.396 e. The molecule has 0 aromatic heterocycles. The molecule has 0 aliphatic rings. The number of rotatable bonds is 6. The maximum absolute atomic E-state index is 8.71. The van der Waals surface area contributed by atoms with E-state index in [1.165, 1.54) is 18.2 Å². The Kier molecular flexibility index (Phi) is 8.40. The Balaban J connectivity index is 0.000000225. The van der Waals surface area contributed by atoms with Crippen LogP contribution in [-0.2, 0) is 4.74 Å². The van der Waals surface area contributed by atoms with E-state index in [1.54, 1.807) is 0 Å². The van der Waals surface area contributed by atoms with Gasteiger partial charge in [0.25, 0.3) is 0 Å². The molecule has 0 saturated heterocycles. The lowest BCUT2D eigenvalue weighted by atomic mass is 9.93. The standard InChI is InChI=1S/C12H10.C6H14O4/c1-3-7-11(8-4-1)12-9-5-2-6-10-12;1-10-5-6(2-7,3-8)4-9/h1-10H;7-9H,2-5H2,1H3. The maximum Gasteiger partial charge on any atom is 0.0629 e. The van der Waals surface area contributed by atoms with E-state index in [0.717, 1.165) is 0 Å². The minimum Gasteiger partial charge on any atom is -0.396 e. The van der Waals surface area contributed by atoms with Gasteiger partial charge in [-0.2, -0.15) is 0 Å². The first kappa shape index (κ1) is 18.3. The average Bonchev–Trinajstić information content (AvgIpc) is 2.62. The highest BCUT2D eigenvalue weighted by Crippen LogP contribution is 2.17. The van der Waals surface area contributed by atoms with Crippen molar-refractivity contribution in [3.63, 3.8) is 0 Å². The van der Waals surface area contributed by atoms with Crippen LogP contribution in [0, 0.1) is 5.41 Å². The minimum absolute atomic E-state index is 0.163. The molecule has 0 aliphatic carbocycles. The third-order valence-electron chi connectivity index (χ3n) is 3.34. The lowest BCUT2D eigenvalue weighted by molar-refractivity contribution is -0.0456. The van der Waals surface area contributed by atoms with Gasteiger partial charge in [0.05, 0.1) is 31.8 Å². The van der Waals surface area contributed by atoms with Crippen molar-refractivity contribution < 1.29 is 20.1 Å². The molecule has 2 rings (SSSR count). The van der Waals surface area contributed by atoms with Crippen LogP contribution >= 0.6 is 0 Å². The molecule has 0 radical (unpaired) electrons. The van der Waals surface area contributed by atoms with Gasteiger partial charge in [0.2, 0.25) is 0 Å². The maximum atomic E-state index is 8.71. The average molecular weight is 304 g/mol. The predicted octanol–water partition coefficient (Wildman–Crippen LogP) is 1.95. The fraction of sp³-hybridized carbons (Fsp3) is 0.333. The molecule has 0 unspecified atom stereocenters. The van der Waals surface area contributed by atoms with E-state index in [9.17, 15) is 0 Å². The molecule has 0 amide bonds. The van der Waals surface area contributed by atoms with Gasteiger partial charge >= 0.3 is 0 Å². The van der Waals surface area contributed by atoms with Crippen molar-refractivity contribution in [1.82, 2.24) is 0 Å². The smallest absolute Gasteiger partial charge is 0.0629 e. The van der Waals surface area contributed by atoms with E-state index in [-0.39, 0.29) is 26.4 Å². The monoisotopic (exact) mass is 304 g/mol. The first-order chi connectivity index (χ1) is 10.7. The van der Waals surface area contributed by atoms with Crippen molar-refractivity contribution in [2.75, 3.05) is 33.5 Å². The first-order valence-electron chi connectivity index (χ1n) is 7.13. The van der Waals surface area contributed by atoms with Gasteiger partial charge in [0.15, 0.2) is 0 Å². The lowest BCUT2D eigenvalue weighted by Gasteiger charge is -2.25. The normalized spacial score (nSPS) is 10.7. The first-order valence-corrected chi connectivity index (χ1v) is 7.13. The second-order valence-corrected chi connectivity index (χ2v) is 5.14. The highest BCUT2D eigenvalue weighted by Gasteiger charge is 2.27. The van der Waals surface area contributed by atoms with E-state index in [4.69, 9.17) is 20.1 Å². The summed E-state index contributed by atoms with van der Waals surface area (Å²) in [6.45, 7) is -0.647. The molecule has 4 heteroatoms. The Morgan fingerprint density at radius 2 is 1.09 bits per heavy atom. The van der Waals surface area contributed by atoms with E-state index in [0.29, 0.717) is 0 Å². The molecule has 3 N–H and O–H groups in total. The fourth-order valence-electron chi connectivity index (χ4n) is 1.85. The zero-order valence-corrected chi connectivity index (χ0v) is 12.9. The summed E-state index contributed by atoms with van der Waals surface area (Å²) in [7, 11) is 1.45. The molecule has 22 heavy (non-hydrogen) atoms. The SMILES string of the molecule is COCC(CO)(CO)CO.c1ccc(-c2ccccc2)cc1. The lowest BCUT2D eigenvalue weighted by Crippen LogP contribution is -2.38. The molecule has 0 bridgehead atoms. The van der Waals surface area contributed by atoms with Crippen molar-refractivity contribution in [1.29, 1.82) is 0 Å². The van der Waals surface area contributed by atoms with Gasteiger partial charge in [0.1, 0.15) is 0 Å². The molecule has 0 aliphatic heterocycles. The molecular weight excluding hydrogens is 280 g/mol. The van der Waals surface area contributed by atoms with E-state index in [2.05, 4.69) is 48.5 Å². The summed E-state index contributed by atoms with van der Waals surface area (Å²) in [4.78, 5) is 0. The van der Waals surface area contributed by atoms with Gasteiger partial charge in [-0.15, -0.1) is 0 Å². The van der Waals surface area contributed by atoms with E-state index >= 15 is 0 Å². The fourth-order valence-corrected chi connectivity index (χ4v) is 1.85. The van der Waals surface area contributed by atoms with Crippen molar-refractivity contribution in [2.24, 2.45) is 5.41 Å². The Morgan fingerprint density at radius 1 is 0.727 bits per heavy atom. The number of aliphatic hydroxyl groups excluding tert-OH is 3. The molecule has 2 aromatic carbocycles. The number of ether oxygens (including phenoxy) is 1. The summed E-state index contributed by atoms with van der Waals surface area (Å²) < 4.78 is 4.70. The van der Waals surface area contributed by atoms with Gasteiger partial charge in [-0.1, -0.05) is 60.7 Å². The molecule has 120 valence electrons. The molecule has 0 spiro atoms. The zero-order valence-electron chi connectivity index (χ0n) is 12.9. The number of hydrogen-bond acceptors (Lipinski definition) is 4. The highest BCUT2D eigenvalue weighted by atomic mass is 16.5. The Hall–Kier alpha value is -1.72. The van der Waals surface area contributed by atoms with Crippen LogP contribution in [-0.4, -0.2) is 48.9 Å².